The first-order valence-corrected chi connectivity index (χ1v) is 6.08. The minimum Gasteiger partial charge on any atom is -0.299 e. The molecule has 2 nitrogen and oxygen atoms in total. The standard InChI is InChI=1S/C15H18O2/c1-9-4-12(5-10(2)11(9)3)13-6-14(16)8-15(17)7-13/h4-5,13H,6-8H2,1-3H3. The molecule has 0 radical (unpaired) electrons. The van der Waals surface area contributed by atoms with Gasteiger partial charge in [-0.15, -0.1) is 0 Å². The fourth-order valence-corrected chi connectivity index (χ4v) is 2.53. The lowest BCUT2D eigenvalue weighted by Crippen LogP contribution is -2.21. The Bertz CT molecular complexity index is 447. The number of aryl methyl sites for hydroxylation is 2. The summed E-state index contributed by atoms with van der Waals surface area (Å²) in [6.45, 7) is 6.27. The molecule has 0 aromatic heterocycles. The van der Waals surface area contributed by atoms with Crippen LogP contribution in [-0.2, 0) is 9.59 Å². The third-order valence-electron chi connectivity index (χ3n) is 3.76. The number of hydrogen-bond donors (Lipinski definition) is 0. The van der Waals surface area contributed by atoms with Gasteiger partial charge in [-0.25, -0.2) is 0 Å². The van der Waals surface area contributed by atoms with Crippen molar-refractivity contribution in [2.75, 3.05) is 0 Å². The number of carbonyl (C=O) groups is 2. The fourth-order valence-electron chi connectivity index (χ4n) is 2.53. The summed E-state index contributed by atoms with van der Waals surface area (Å²) in [5.74, 6) is 0.269. The van der Waals surface area contributed by atoms with Crippen molar-refractivity contribution in [2.45, 2.75) is 46.0 Å². The highest BCUT2D eigenvalue weighted by Gasteiger charge is 2.26. The van der Waals surface area contributed by atoms with Gasteiger partial charge in [-0.05, 0) is 48.9 Å². The largest absolute Gasteiger partial charge is 0.299 e. The Labute approximate surface area is 102 Å². The van der Waals surface area contributed by atoms with E-state index in [2.05, 4.69) is 32.9 Å². The van der Waals surface area contributed by atoms with Crippen LogP contribution in [0.25, 0.3) is 0 Å². The van der Waals surface area contributed by atoms with Gasteiger partial charge in [0.2, 0.25) is 0 Å². The lowest BCUT2D eigenvalue weighted by molar-refractivity contribution is -0.130. The van der Waals surface area contributed by atoms with E-state index in [1.165, 1.54) is 16.7 Å². The zero-order valence-electron chi connectivity index (χ0n) is 10.7. The van der Waals surface area contributed by atoms with Crippen molar-refractivity contribution in [2.24, 2.45) is 0 Å². The Morgan fingerprint density at radius 2 is 1.41 bits per heavy atom. The van der Waals surface area contributed by atoms with Crippen LogP contribution in [0.1, 0.15) is 47.4 Å². The second-order valence-corrected chi connectivity index (χ2v) is 5.14. The number of rotatable bonds is 1. The number of ketones is 2. The molecule has 17 heavy (non-hydrogen) atoms. The predicted molar refractivity (Wildman–Crippen MR) is 67.3 cm³/mol. The Hall–Kier alpha value is -1.44. The van der Waals surface area contributed by atoms with E-state index in [1.807, 2.05) is 0 Å². The van der Waals surface area contributed by atoms with E-state index in [1.54, 1.807) is 0 Å². The van der Waals surface area contributed by atoms with Crippen LogP contribution in [-0.4, -0.2) is 11.6 Å². The molecule has 0 N–H and O–H groups in total. The molecule has 1 aromatic rings. The Kier molecular flexibility index (Phi) is 3.14. The van der Waals surface area contributed by atoms with Gasteiger partial charge in [0.15, 0.2) is 0 Å². The second kappa shape index (κ2) is 4.44. The van der Waals surface area contributed by atoms with Gasteiger partial charge in [0.1, 0.15) is 11.6 Å². The molecule has 90 valence electrons. The Morgan fingerprint density at radius 3 is 1.88 bits per heavy atom. The third-order valence-corrected chi connectivity index (χ3v) is 3.76. The van der Waals surface area contributed by atoms with Crippen molar-refractivity contribution in [3.8, 4) is 0 Å². The smallest absolute Gasteiger partial charge is 0.140 e. The molecule has 0 amide bonds. The molecule has 0 unspecified atom stereocenters. The summed E-state index contributed by atoms with van der Waals surface area (Å²) < 4.78 is 0. The van der Waals surface area contributed by atoms with Gasteiger partial charge in [-0.3, -0.25) is 9.59 Å². The molecular weight excluding hydrogens is 212 g/mol. The van der Waals surface area contributed by atoms with Gasteiger partial charge in [0.05, 0.1) is 6.42 Å². The highest BCUT2D eigenvalue weighted by Crippen LogP contribution is 2.31. The molecule has 0 aliphatic heterocycles. The van der Waals surface area contributed by atoms with Crippen molar-refractivity contribution < 1.29 is 9.59 Å². The first-order valence-electron chi connectivity index (χ1n) is 6.08. The maximum atomic E-state index is 11.5. The minimum atomic E-state index is 0.0853. The summed E-state index contributed by atoms with van der Waals surface area (Å²) in [6.07, 6.45) is 1.18. The topological polar surface area (TPSA) is 34.1 Å². The van der Waals surface area contributed by atoms with Gasteiger partial charge in [0.25, 0.3) is 0 Å². The van der Waals surface area contributed by atoms with Crippen LogP contribution in [0, 0.1) is 20.8 Å². The molecule has 0 saturated heterocycles. The van der Waals surface area contributed by atoms with Crippen LogP contribution in [0.15, 0.2) is 12.1 Å². The number of hydrogen-bond acceptors (Lipinski definition) is 2. The highest BCUT2D eigenvalue weighted by molar-refractivity contribution is 6.02. The van der Waals surface area contributed by atoms with E-state index in [-0.39, 0.29) is 23.9 Å². The third kappa shape index (κ3) is 2.46. The van der Waals surface area contributed by atoms with Gasteiger partial charge >= 0.3 is 0 Å². The number of benzene rings is 1. The van der Waals surface area contributed by atoms with E-state index in [4.69, 9.17) is 0 Å². The molecule has 1 fully saturated rings. The average Bonchev–Trinajstić information content (AvgIpc) is 2.23. The van der Waals surface area contributed by atoms with Crippen molar-refractivity contribution >= 4 is 11.6 Å². The summed E-state index contributed by atoms with van der Waals surface area (Å²) in [6, 6.07) is 4.25. The molecule has 0 bridgehead atoms. The summed E-state index contributed by atoms with van der Waals surface area (Å²) >= 11 is 0. The molecule has 2 rings (SSSR count). The van der Waals surface area contributed by atoms with Crippen LogP contribution in [0.3, 0.4) is 0 Å². The quantitative estimate of drug-likeness (QED) is 0.695. The van der Waals surface area contributed by atoms with Gasteiger partial charge in [-0.1, -0.05) is 12.1 Å². The molecule has 0 atom stereocenters. The second-order valence-electron chi connectivity index (χ2n) is 5.14. The zero-order chi connectivity index (χ0) is 12.6. The van der Waals surface area contributed by atoms with E-state index in [9.17, 15) is 9.59 Å². The molecule has 2 heteroatoms. The molecule has 1 aliphatic carbocycles. The monoisotopic (exact) mass is 230 g/mol. The van der Waals surface area contributed by atoms with Crippen molar-refractivity contribution in [1.29, 1.82) is 0 Å². The van der Waals surface area contributed by atoms with Crippen LogP contribution in [0.2, 0.25) is 0 Å². The fraction of sp³-hybridized carbons (Fsp3) is 0.467. The summed E-state index contributed by atoms with van der Waals surface area (Å²) in [4.78, 5) is 22.9. The average molecular weight is 230 g/mol. The minimum absolute atomic E-state index is 0.0853. The lowest BCUT2D eigenvalue weighted by Gasteiger charge is -2.22. The summed E-state index contributed by atoms with van der Waals surface area (Å²) in [7, 11) is 0. The Morgan fingerprint density at radius 1 is 0.941 bits per heavy atom. The van der Waals surface area contributed by atoms with Crippen molar-refractivity contribution in [1.82, 2.24) is 0 Å². The van der Waals surface area contributed by atoms with Crippen LogP contribution < -0.4 is 0 Å². The summed E-state index contributed by atoms with van der Waals surface area (Å²) in [5.41, 5.74) is 4.92. The van der Waals surface area contributed by atoms with E-state index >= 15 is 0 Å². The highest BCUT2D eigenvalue weighted by atomic mass is 16.1. The van der Waals surface area contributed by atoms with Crippen LogP contribution >= 0.6 is 0 Å². The van der Waals surface area contributed by atoms with Crippen LogP contribution in [0.5, 0.6) is 0 Å². The molecule has 0 heterocycles. The van der Waals surface area contributed by atoms with Gasteiger partial charge < -0.3 is 0 Å². The van der Waals surface area contributed by atoms with E-state index < -0.39 is 0 Å². The number of Topliss-reactive ketones (excluding diaryl/α,β-unsaturated/α-hetero) is 2. The first-order chi connectivity index (χ1) is 7.97. The van der Waals surface area contributed by atoms with E-state index in [0.29, 0.717) is 12.8 Å². The molecule has 1 saturated carbocycles. The van der Waals surface area contributed by atoms with Crippen LogP contribution in [0.4, 0.5) is 0 Å². The van der Waals surface area contributed by atoms with E-state index in [0.717, 1.165) is 5.56 Å². The maximum Gasteiger partial charge on any atom is 0.140 e. The Balaban J connectivity index is 2.34. The first kappa shape index (κ1) is 12.0. The maximum absolute atomic E-state index is 11.5. The molecule has 1 aliphatic rings. The summed E-state index contributed by atoms with van der Waals surface area (Å²) in [5, 5.41) is 0. The van der Waals surface area contributed by atoms with Gasteiger partial charge in [0, 0.05) is 12.8 Å². The van der Waals surface area contributed by atoms with Gasteiger partial charge in [-0.2, -0.15) is 0 Å². The van der Waals surface area contributed by atoms with Crippen molar-refractivity contribution in [3.05, 3.63) is 34.4 Å². The SMILES string of the molecule is Cc1cc(C2CC(=O)CC(=O)C2)cc(C)c1C. The molecule has 0 spiro atoms. The number of carbonyl (C=O) groups excluding carboxylic acids is 2. The predicted octanol–water partition coefficient (Wildman–Crippen LogP) is 3.02. The van der Waals surface area contributed by atoms with Crippen molar-refractivity contribution in [3.63, 3.8) is 0 Å². The molecule has 1 aromatic carbocycles. The lowest BCUT2D eigenvalue weighted by atomic mass is 9.81. The normalized spacial score (nSPS) is 17.6. The molecular formula is C15H18O2. The zero-order valence-corrected chi connectivity index (χ0v) is 10.7.